The minimum atomic E-state index is 0.498. The minimum Gasteiger partial charge on any atom is -0.344 e. The van der Waals surface area contributed by atoms with E-state index in [2.05, 4.69) is 52.7 Å². The second-order valence-corrected chi connectivity index (χ2v) is 7.51. The average molecular weight is 354 g/mol. The molecule has 25 heavy (non-hydrogen) atoms. The third-order valence-corrected chi connectivity index (χ3v) is 5.72. The molecule has 0 spiro atoms. The molecule has 0 N–H and O–H groups in total. The molecule has 0 radical (unpaired) electrons. The molecule has 1 unspecified atom stereocenters. The van der Waals surface area contributed by atoms with Gasteiger partial charge in [0.05, 0.1) is 0 Å². The Kier molecular flexibility index (Phi) is 4.53. The first kappa shape index (κ1) is 16.6. The molecule has 0 bridgehead atoms. The van der Waals surface area contributed by atoms with Crippen LogP contribution in [0.1, 0.15) is 36.1 Å². The van der Waals surface area contributed by atoms with E-state index in [0.29, 0.717) is 5.92 Å². The highest BCUT2D eigenvalue weighted by molar-refractivity contribution is 6.31. The number of hydrogen-bond acceptors (Lipinski definition) is 2. The van der Waals surface area contributed by atoms with Gasteiger partial charge in [-0.1, -0.05) is 18.5 Å². The number of hydrogen-bond donors (Lipinski definition) is 0. The van der Waals surface area contributed by atoms with Crippen LogP contribution < -0.4 is 0 Å². The summed E-state index contributed by atoms with van der Waals surface area (Å²) in [6, 6.07) is 10.6. The Labute approximate surface area is 154 Å². The molecule has 4 rings (SSSR count). The first-order chi connectivity index (χ1) is 12.2. The molecular weight excluding hydrogens is 330 g/mol. The summed E-state index contributed by atoms with van der Waals surface area (Å²) in [4.78, 5) is 6.57. The highest BCUT2D eigenvalue weighted by Crippen LogP contribution is 2.34. The van der Waals surface area contributed by atoms with E-state index in [-0.39, 0.29) is 0 Å². The molecule has 3 nitrogen and oxygen atoms in total. The monoisotopic (exact) mass is 353 g/mol. The molecule has 0 amide bonds. The maximum Gasteiger partial charge on any atom is 0.0487 e. The smallest absolute Gasteiger partial charge is 0.0487 e. The zero-order valence-corrected chi connectivity index (χ0v) is 15.6. The summed E-state index contributed by atoms with van der Waals surface area (Å²) in [5.41, 5.74) is 5.63. The predicted octanol–water partition coefficient (Wildman–Crippen LogP) is 4.87. The number of halogens is 1. The fourth-order valence-electron chi connectivity index (χ4n) is 4.09. The quantitative estimate of drug-likeness (QED) is 0.667. The number of aromatic nitrogens is 2. The van der Waals surface area contributed by atoms with E-state index in [1.807, 2.05) is 18.5 Å². The molecule has 1 atom stereocenters. The van der Waals surface area contributed by atoms with E-state index in [1.54, 1.807) is 0 Å². The third kappa shape index (κ3) is 3.07. The predicted molar refractivity (Wildman–Crippen MR) is 104 cm³/mol. The fraction of sp³-hybridized carbons (Fsp3) is 0.381. The molecule has 0 saturated carbocycles. The SMILES string of the molecule is CCC(Cn1c2c(c3cc(Cl)ccc31)CN(C)CC2)c1ccncc1. The van der Waals surface area contributed by atoms with Gasteiger partial charge in [-0.3, -0.25) is 4.98 Å². The van der Waals surface area contributed by atoms with Crippen molar-refractivity contribution in [3.8, 4) is 0 Å². The molecule has 1 aliphatic heterocycles. The lowest BCUT2D eigenvalue weighted by molar-refractivity contribution is 0.308. The van der Waals surface area contributed by atoms with Crippen LogP contribution in [-0.2, 0) is 19.5 Å². The highest BCUT2D eigenvalue weighted by atomic mass is 35.5. The summed E-state index contributed by atoms with van der Waals surface area (Å²) in [5.74, 6) is 0.498. The van der Waals surface area contributed by atoms with Gasteiger partial charge in [0.25, 0.3) is 0 Å². The van der Waals surface area contributed by atoms with Gasteiger partial charge in [0.15, 0.2) is 0 Å². The summed E-state index contributed by atoms with van der Waals surface area (Å²) in [7, 11) is 2.20. The minimum absolute atomic E-state index is 0.498. The zero-order valence-electron chi connectivity index (χ0n) is 14.9. The number of fused-ring (bicyclic) bond motifs is 3. The molecule has 1 aliphatic rings. The number of pyridine rings is 1. The van der Waals surface area contributed by atoms with Gasteiger partial charge in [-0.15, -0.1) is 0 Å². The maximum absolute atomic E-state index is 6.31. The standard InChI is InChI=1S/C21H24ClN3/c1-3-15(16-6-9-23-10-7-16)13-25-20-5-4-17(22)12-18(20)19-14-24(2)11-8-21(19)25/h4-7,9-10,12,15H,3,8,11,13-14H2,1-2H3. The van der Waals surface area contributed by atoms with E-state index in [4.69, 9.17) is 11.6 Å². The summed E-state index contributed by atoms with van der Waals surface area (Å²) in [5, 5.41) is 2.14. The van der Waals surface area contributed by atoms with Gasteiger partial charge >= 0.3 is 0 Å². The topological polar surface area (TPSA) is 21.1 Å². The summed E-state index contributed by atoms with van der Waals surface area (Å²) in [6.45, 7) is 5.40. The summed E-state index contributed by atoms with van der Waals surface area (Å²) < 4.78 is 2.54. The Morgan fingerprint density at radius 1 is 1.20 bits per heavy atom. The van der Waals surface area contributed by atoms with Crippen LogP contribution in [0.3, 0.4) is 0 Å². The molecule has 4 heteroatoms. The van der Waals surface area contributed by atoms with Crippen molar-refractivity contribution in [3.05, 3.63) is 64.6 Å². The van der Waals surface area contributed by atoms with Crippen molar-refractivity contribution in [2.24, 2.45) is 0 Å². The number of likely N-dealkylation sites (N-methyl/N-ethyl adjacent to an activating group) is 1. The Morgan fingerprint density at radius 3 is 2.76 bits per heavy atom. The van der Waals surface area contributed by atoms with E-state index in [9.17, 15) is 0 Å². The van der Waals surface area contributed by atoms with Crippen LogP contribution in [0, 0.1) is 0 Å². The molecule has 2 aromatic heterocycles. The second kappa shape index (κ2) is 6.81. The van der Waals surface area contributed by atoms with Crippen molar-refractivity contribution >= 4 is 22.5 Å². The van der Waals surface area contributed by atoms with Crippen LogP contribution in [0.4, 0.5) is 0 Å². The van der Waals surface area contributed by atoms with Crippen molar-refractivity contribution in [1.29, 1.82) is 0 Å². The van der Waals surface area contributed by atoms with Crippen LogP contribution in [0.5, 0.6) is 0 Å². The van der Waals surface area contributed by atoms with Crippen molar-refractivity contribution in [3.63, 3.8) is 0 Å². The molecule has 0 fully saturated rings. The molecule has 1 aromatic carbocycles. The Balaban J connectivity index is 1.81. The van der Waals surface area contributed by atoms with E-state index in [1.165, 1.54) is 27.7 Å². The largest absolute Gasteiger partial charge is 0.344 e. The van der Waals surface area contributed by atoms with Gasteiger partial charge in [-0.05, 0) is 54.9 Å². The average Bonchev–Trinajstić information content (AvgIpc) is 2.92. The van der Waals surface area contributed by atoms with Crippen LogP contribution in [0.15, 0.2) is 42.7 Å². The second-order valence-electron chi connectivity index (χ2n) is 7.07. The Hall–Kier alpha value is -1.84. The van der Waals surface area contributed by atoms with Gasteiger partial charge in [-0.2, -0.15) is 0 Å². The van der Waals surface area contributed by atoms with E-state index >= 15 is 0 Å². The van der Waals surface area contributed by atoms with Gasteiger partial charge in [-0.25, -0.2) is 0 Å². The molecular formula is C21H24ClN3. The normalized spacial score (nSPS) is 16.1. The van der Waals surface area contributed by atoms with Crippen molar-refractivity contribution < 1.29 is 0 Å². The number of benzene rings is 1. The maximum atomic E-state index is 6.31. The summed E-state index contributed by atoms with van der Waals surface area (Å²) >= 11 is 6.31. The summed E-state index contributed by atoms with van der Waals surface area (Å²) in [6.07, 6.45) is 6.02. The van der Waals surface area contributed by atoms with Crippen LogP contribution >= 0.6 is 11.6 Å². The van der Waals surface area contributed by atoms with Gasteiger partial charge in [0.1, 0.15) is 0 Å². The lowest BCUT2D eigenvalue weighted by Gasteiger charge is -2.25. The number of rotatable bonds is 4. The molecule has 0 aliphatic carbocycles. The van der Waals surface area contributed by atoms with Crippen LogP contribution in [0.2, 0.25) is 5.02 Å². The lowest BCUT2D eigenvalue weighted by Crippen LogP contribution is -2.27. The first-order valence-corrected chi connectivity index (χ1v) is 9.43. The van der Waals surface area contributed by atoms with Gasteiger partial charge in [0.2, 0.25) is 0 Å². The van der Waals surface area contributed by atoms with Crippen molar-refractivity contribution in [1.82, 2.24) is 14.5 Å². The Morgan fingerprint density at radius 2 is 2.00 bits per heavy atom. The Bertz CT molecular complexity index is 885. The fourth-order valence-corrected chi connectivity index (χ4v) is 4.26. The molecule has 130 valence electrons. The van der Waals surface area contributed by atoms with E-state index < -0.39 is 0 Å². The van der Waals surface area contributed by atoms with Crippen LogP contribution in [0.25, 0.3) is 10.9 Å². The van der Waals surface area contributed by atoms with Crippen LogP contribution in [-0.4, -0.2) is 28.0 Å². The highest BCUT2D eigenvalue weighted by Gasteiger charge is 2.24. The molecule has 3 aromatic rings. The zero-order chi connectivity index (χ0) is 17.4. The number of nitrogens with zero attached hydrogens (tertiary/aromatic N) is 3. The van der Waals surface area contributed by atoms with Crippen molar-refractivity contribution in [2.75, 3.05) is 13.6 Å². The van der Waals surface area contributed by atoms with Crippen molar-refractivity contribution in [2.45, 2.75) is 38.8 Å². The van der Waals surface area contributed by atoms with E-state index in [0.717, 1.165) is 37.5 Å². The lowest BCUT2D eigenvalue weighted by atomic mass is 9.97. The van der Waals surface area contributed by atoms with Gasteiger partial charge < -0.3 is 9.47 Å². The molecule has 0 saturated heterocycles. The first-order valence-electron chi connectivity index (χ1n) is 9.05. The molecule has 3 heterocycles. The van der Waals surface area contributed by atoms with Gasteiger partial charge in [0, 0.05) is 66.0 Å². The third-order valence-electron chi connectivity index (χ3n) is 5.48.